The zero-order valence-electron chi connectivity index (χ0n) is 29.9. The molecule has 0 bridgehead atoms. The fraction of sp³-hybridized carbons (Fsp3) is 0. The van der Waals surface area contributed by atoms with E-state index in [1.165, 1.54) is 0 Å². The van der Waals surface area contributed by atoms with Crippen LogP contribution in [0.15, 0.2) is 191 Å². The van der Waals surface area contributed by atoms with E-state index < -0.39 is 0 Å². The molecule has 0 aliphatic carbocycles. The first-order chi connectivity index (χ1) is 27.7. The molecular weight excluding hydrogens is 689 g/mol. The molecule has 0 saturated heterocycles. The molecule has 0 unspecified atom stereocenters. The fourth-order valence-corrected chi connectivity index (χ4v) is 7.61. The molecule has 6 nitrogen and oxygen atoms in total. The van der Waals surface area contributed by atoms with E-state index in [1.807, 2.05) is 78.9 Å². The van der Waals surface area contributed by atoms with Gasteiger partial charge in [-0.15, -0.1) is 0 Å². The average molecular weight is 719 g/mol. The summed E-state index contributed by atoms with van der Waals surface area (Å²) in [5.41, 5.74) is 12.5. The number of aromatic nitrogens is 4. The van der Waals surface area contributed by atoms with Gasteiger partial charge in [0.2, 0.25) is 0 Å². The minimum absolute atomic E-state index is 0.583. The van der Waals surface area contributed by atoms with Crippen molar-refractivity contribution < 1.29 is 8.83 Å². The van der Waals surface area contributed by atoms with Gasteiger partial charge < -0.3 is 8.83 Å². The first-order valence-electron chi connectivity index (χ1n) is 18.5. The van der Waals surface area contributed by atoms with E-state index in [9.17, 15) is 0 Å². The van der Waals surface area contributed by atoms with E-state index in [0.717, 1.165) is 93.9 Å². The maximum Gasteiger partial charge on any atom is 0.164 e. The minimum Gasteiger partial charge on any atom is -0.456 e. The van der Waals surface area contributed by atoms with Gasteiger partial charge in [0.15, 0.2) is 17.5 Å². The van der Waals surface area contributed by atoms with Crippen molar-refractivity contribution in [3.8, 4) is 67.5 Å². The van der Waals surface area contributed by atoms with Crippen molar-refractivity contribution in [2.45, 2.75) is 0 Å². The Balaban J connectivity index is 1.11. The van der Waals surface area contributed by atoms with Gasteiger partial charge in [0.25, 0.3) is 0 Å². The Bertz CT molecular complexity index is 3110. The molecule has 4 heterocycles. The summed E-state index contributed by atoms with van der Waals surface area (Å²) in [5.74, 6) is 1.79. The molecule has 56 heavy (non-hydrogen) atoms. The normalized spacial score (nSPS) is 11.6. The van der Waals surface area contributed by atoms with Gasteiger partial charge >= 0.3 is 0 Å². The van der Waals surface area contributed by atoms with E-state index in [2.05, 4.69) is 96.0 Å². The van der Waals surface area contributed by atoms with E-state index >= 15 is 0 Å². The van der Waals surface area contributed by atoms with Crippen LogP contribution in [0.3, 0.4) is 0 Å². The number of fused-ring (bicyclic) bond motifs is 6. The van der Waals surface area contributed by atoms with Crippen LogP contribution in [0, 0.1) is 0 Å². The van der Waals surface area contributed by atoms with Crippen LogP contribution in [-0.2, 0) is 0 Å². The quantitative estimate of drug-likeness (QED) is 0.170. The van der Waals surface area contributed by atoms with Crippen molar-refractivity contribution in [2.75, 3.05) is 0 Å². The van der Waals surface area contributed by atoms with Crippen molar-refractivity contribution >= 4 is 43.9 Å². The molecule has 11 rings (SSSR count). The lowest BCUT2D eigenvalue weighted by Gasteiger charge is -2.13. The van der Waals surface area contributed by atoms with Gasteiger partial charge in [-0.25, -0.2) is 15.0 Å². The Morgan fingerprint density at radius 1 is 0.268 bits per heavy atom. The lowest BCUT2D eigenvalue weighted by Crippen LogP contribution is -2.00. The van der Waals surface area contributed by atoms with Gasteiger partial charge in [-0.3, -0.25) is 4.98 Å². The van der Waals surface area contributed by atoms with Crippen LogP contribution >= 0.6 is 0 Å². The molecule has 11 aromatic rings. The number of para-hydroxylation sites is 2. The van der Waals surface area contributed by atoms with Crippen LogP contribution in [0.4, 0.5) is 0 Å². The van der Waals surface area contributed by atoms with Gasteiger partial charge in [0.05, 0.1) is 0 Å². The molecule has 0 fully saturated rings. The summed E-state index contributed by atoms with van der Waals surface area (Å²) in [6, 6.07) is 58.2. The summed E-state index contributed by atoms with van der Waals surface area (Å²) < 4.78 is 12.4. The summed E-state index contributed by atoms with van der Waals surface area (Å²) in [4.78, 5) is 19.5. The number of rotatable bonds is 6. The van der Waals surface area contributed by atoms with E-state index in [4.69, 9.17) is 23.8 Å². The molecule has 0 atom stereocenters. The van der Waals surface area contributed by atoms with Gasteiger partial charge in [0, 0.05) is 50.6 Å². The largest absolute Gasteiger partial charge is 0.456 e. The van der Waals surface area contributed by atoms with Crippen molar-refractivity contribution in [2.24, 2.45) is 0 Å². The van der Waals surface area contributed by atoms with Crippen LogP contribution in [-0.4, -0.2) is 19.9 Å². The van der Waals surface area contributed by atoms with Crippen LogP contribution in [0.2, 0.25) is 0 Å². The molecule has 0 saturated carbocycles. The first kappa shape index (κ1) is 31.8. The summed E-state index contributed by atoms with van der Waals surface area (Å²) in [6.07, 6.45) is 3.61. The van der Waals surface area contributed by atoms with Gasteiger partial charge in [0.1, 0.15) is 22.3 Å². The predicted octanol–water partition coefficient (Wildman–Crippen LogP) is 13.1. The van der Waals surface area contributed by atoms with Gasteiger partial charge in [-0.1, -0.05) is 103 Å². The number of hydrogen-bond donors (Lipinski definition) is 0. The summed E-state index contributed by atoms with van der Waals surface area (Å²) in [7, 11) is 0. The summed E-state index contributed by atoms with van der Waals surface area (Å²) in [5, 5.41) is 4.31. The highest BCUT2D eigenvalue weighted by atomic mass is 16.3. The minimum atomic E-state index is 0.583. The highest BCUT2D eigenvalue weighted by Crippen LogP contribution is 2.38. The Morgan fingerprint density at radius 2 is 0.679 bits per heavy atom. The molecule has 0 amide bonds. The van der Waals surface area contributed by atoms with Crippen LogP contribution in [0.5, 0.6) is 0 Å². The molecule has 262 valence electrons. The number of nitrogens with zero attached hydrogens (tertiary/aromatic N) is 4. The van der Waals surface area contributed by atoms with E-state index in [0.29, 0.717) is 17.5 Å². The molecule has 0 aliphatic rings. The van der Waals surface area contributed by atoms with Crippen molar-refractivity contribution in [3.63, 3.8) is 0 Å². The lowest BCUT2D eigenvalue weighted by atomic mass is 9.94. The summed E-state index contributed by atoms with van der Waals surface area (Å²) >= 11 is 0. The molecule has 7 aromatic carbocycles. The zero-order chi connectivity index (χ0) is 37.0. The second-order valence-electron chi connectivity index (χ2n) is 13.9. The third-order valence-electron chi connectivity index (χ3n) is 10.4. The second kappa shape index (κ2) is 13.0. The average Bonchev–Trinajstić information content (AvgIpc) is 3.84. The maximum absolute atomic E-state index is 6.20. The van der Waals surface area contributed by atoms with Crippen molar-refractivity contribution in [3.05, 3.63) is 182 Å². The lowest BCUT2D eigenvalue weighted by molar-refractivity contribution is 0.668. The van der Waals surface area contributed by atoms with Crippen LogP contribution in [0.1, 0.15) is 0 Å². The van der Waals surface area contributed by atoms with Crippen molar-refractivity contribution in [1.29, 1.82) is 0 Å². The topological polar surface area (TPSA) is 77.8 Å². The number of pyridine rings is 1. The molecule has 4 aromatic heterocycles. The molecular formula is C50H30N4O2. The van der Waals surface area contributed by atoms with Crippen molar-refractivity contribution in [1.82, 2.24) is 19.9 Å². The number of furan rings is 2. The van der Waals surface area contributed by atoms with Crippen LogP contribution in [0.25, 0.3) is 111 Å². The highest BCUT2D eigenvalue weighted by Gasteiger charge is 2.17. The Morgan fingerprint density at radius 3 is 1.25 bits per heavy atom. The zero-order valence-corrected chi connectivity index (χ0v) is 29.9. The Labute approximate surface area is 321 Å². The smallest absolute Gasteiger partial charge is 0.164 e. The summed E-state index contributed by atoms with van der Waals surface area (Å²) in [6.45, 7) is 0. The number of hydrogen-bond acceptors (Lipinski definition) is 6. The Hall–Kier alpha value is -7.70. The number of benzene rings is 7. The molecule has 0 aliphatic heterocycles. The molecule has 0 N–H and O–H groups in total. The van der Waals surface area contributed by atoms with Gasteiger partial charge in [-0.05, 0) is 100 Å². The third kappa shape index (κ3) is 5.60. The Kier molecular flexibility index (Phi) is 7.38. The molecule has 6 heteroatoms. The monoisotopic (exact) mass is 718 g/mol. The predicted molar refractivity (Wildman–Crippen MR) is 225 cm³/mol. The van der Waals surface area contributed by atoms with Crippen LogP contribution < -0.4 is 0 Å². The standard InChI is InChI=1S/C50H30N4O2/c1-2-8-33(9-3-1)48-52-49(34-16-14-31(15-17-34)32-22-24-51-25-23-32)54-50(53-48)39-27-37(35-18-20-46-42(29-35)40-10-4-6-12-44(40)55-46)26-38(28-39)36-19-21-47-43(30-36)41-11-5-7-13-45(41)56-47/h1-30H. The maximum atomic E-state index is 6.20. The SMILES string of the molecule is c1ccc(-c2nc(-c3ccc(-c4ccncc4)cc3)nc(-c3cc(-c4ccc5oc6ccccc6c5c4)cc(-c4ccc5oc6ccccc6c5c4)c3)n2)cc1. The van der Waals surface area contributed by atoms with Gasteiger partial charge in [-0.2, -0.15) is 0 Å². The second-order valence-corrected chi connectivity index (χ2v) is 13.9. The highest BCUT2D eigenvalue weighted by molar-refractivity contribution is 6.07. The van der Waals surface area contributed by atoms with E-state index in [1.54, 1.807) is 12.4 Å². The first-order valence-corrected chi connectivity index (χ1v) is 18.5. The third-order valence-corrected chi connectivity index (χ3v) is 10.4. The fourth-order valence-electron chi connectivity index (χ4n) is 7.61. The molecule has 0 radical (unpaired) electrons. The van der Waals surface area contributed by atoms with E-state index in [-0.39, 0.29) is 0 Å². The molecule has 0 spiro atoms.